The van der Waals surface area contributed by atoms with Gasteiger partial charge in [0, 0.05) is 24.2 Å². The second-order valence-electron chi connectivity index (χ2n) is 7.31. The standard InChI is InChI=1S/C20H22N2O5S/c1-13(18-16(23)12-20(2,3)27-19(18)24)14-7-6-8-15(11-14)22-28(25,26)17-9-4-5-10-21-17/h4-11,13,22-23H,12H2,1-3H3. The Labute approximate surface area is 164 Å². The van der Waals surface area contributed by atoms with Crippen LogP contribution in [0.2, 0.25) is 0 Å². The van der Waals surface area contributed by atoms with Crippen LogP contribution in [-0.4, -0.2) is 30.1 Å². The first kappa shape index (κ1) is 19.9. The number of rotatable bonds is 5. The van der Waals surface area contributed by atoms with Crippen LogP contribution >= 0.6 is 0 Å². The quantitative estimate of drug-likeness (QED) is 0.741. The first-order valence-corrected chi connectivity index (χ1v) is 10.3. The fourth-order valence-electron chi connectivity index (χ4n) is 3.14. The fourth-order valence-corrected chi connectivity index (χ4v) is 4.14. The number of nitrogens with one attached hydrogen (secondary N) is 1. The number of anilines is 1. The van der Waals surface area contributed by atoms with Gasteiger partial charge in [0.1, 0.15) is 11.4 Å². The molecular formula is C20H22N2O5S. The van der Waals surface area contributed by atoms with Crippen molar-refractivity contribution >= 4 is 21.7 Å². The van der Waals surface area contributed by atoms with Gasteiger partial charge in [-0.15, -0.1) is 0 Å². The first-order valence-electron chi connectivity index (χ1n) is 8.78. The van der Waals surface area contributed by atoms with E-state index in [-0.39, 0.29) is 22.8 Å². The Morgan fingerprint density at radius 1 is 1.21 bits per heavy atom. The molecule has 0 saturated heterocycles. The molecule has 2 aromatic rings. The van der Waals surface area contributed by atoms with E-state index in [9.17, 15) is 18.3 Å². The Hall–Kier alpha value is -2.87. The van der Waals surface area contributed by atoms with E-state index in [0.29, 0.717) is 11.3 Å². The molecule has 2 heterocycles. The predicted octanol–water partition coefficient (Wildman–Crippen LogP) is 3.52. The highest BCUT2D eigenvalue weighted by molar-refractivity contribution is 7.92. The molecule has 0 amide bonds. The van der Waals surface area contributed by atoms with Crippen molar-refractivity contribution in [2.75, 3.05) is 4.72 Å². The molecule has 0 spiro atoms. The van der Waals surface area contributed by atoms with Crippen molar-refractivity contribution in [3.63, 3.8) is 0 Å². The molecule has 0 radical (unpaired) electrons. The van der Waals surface area contributed by atoms with Crippen molar-refractivity contribution in [2.45, 2.75) is 43.7 Å². The molecule has 1 atom stereocenters. The second kappa shape index (κ2) is 7.27. The van der Waals surface area contributed by atoms with Gasteiger partial charge in [-0.3, -0.25) is 4.72 Å². The molecule has 0 saturated carbocycles. The molecule has 0 bridgehead atoms. The van der Waals surface area contributed by atoms with Crippen LogP contribution in [0.3, 0.4) is 0 Å². The van der Waals surface area contributed by atoms with Gasteiger partial charge in [0.05, 0.1) is 5.57 Å². The maximum Gasteiger partial charge on any atom is 0.338 e. The minimum Gasteiger partial charge on any atom is -0.512 e. The number of pyridine rings is 1. The normalized spacial score (nSPS) is 17.8. The molecule has 3 rings (SSSR count). The summed E-state index contributed by atoms with van der Waals surface area (Å²) in [5.41, 5.74) is 0.424. The molecule has 7 nitrogen and oxygen atoms in total. The predicted molar refractivity (Wildman–Crippen MR) is 104 cm³/mol. The largest absolute Gasteiger partial charge is 0.512 e. The number of hydrogen-bond donors (Lipinski definition) is 2. The molecule has 0 aliphatic carbocycles. The summed E-state index contributed by atoms with van der Waals surface area (Å²) in [6.45, 7) is 5.22. The van der Waals surface area contributed by atoms with Crippen LogP contribution in [0.5, 0.6) is 0 Å². The number of carbonyl (C=O) groups is 1. The molecule has 1 aliphatic rings. The second-order valence-corrected chi connectivity index (χ2v) is 8.94. The highest BCUT2D eigenvalue weighted by Crippen LogP contribution is 2.36. The molecule has 148 valence electrons. The summed E-state index contributed by atoms with van der Waals surface area (Å²) in [4.78, 5) is 16.2. The van der Waals surface area contributed by atoms with Crippen molar-refractivity contribution in [1.29, 1.82) is 0 Å². The highest BCUT2D eigenvalue weighted by atomic mass is 32.2. The van der Waals surface area contributed by atoms with Gasteiger partial charge in [0.25, 0.3) is 10.0 Å². The van der Waals surface area contributed by atoms with Crippen LogP contribution < -0.4 is 4.72 Å². The van der Waals surface area contributed by atoms with Crippen molar-refractivity contribution in [3.05, 3.63) is 65.6 Å². The van der Waals surface area contributed by atoms with E-state index in [4.69, 9.17) is 4.74 Å². The fraction of sp³-hybridized carbons (Fsp3) is 0.300. The smallest absolute Gasteiger partial charge is 0.338 e. The molecule has 28 heavy (non-hydrogen) atoms. The van der Waals surface area contributed by atoms with Gasteiger partial charge in [-0.05, 0) is 43.7 Å². The lowest BCUT2D eigenvalue weighted by atomic mass is 9.87. The summed E-state index contributed by atoms with van der Waals surface area (Å²) in [6.07, 6.45) is 1.63. The molecule has 1 aliphatic heterocycles. The number of aliphatic hydroxyl groups excluding tert-OH is 1. The van der Waals surface area contributed by atoms with E-state index in [1.54, 1.807) is 57.2 Å². The SMILES string of the molecule is CC(C1=C(O)CC(C)(C)OC1=O)c1cccc(NS(=O)(=O)c2ccccn2)c1. The number of aliphatic hydroxyl groups is 1. The zero-order chi connectivity index (χ0) is 20.5. The minimum atomic E-state index is -3.83. The zero-order valence-corrected chi connectivity index (χ0v) is 16.7. The Morgan fingerprint density at radius 3 is 2.61 bits per heavy atom. The molecule has 8 heteroatoms. The van der Waals surface area contributed by atoms with Crippen LogP contribution in [0, 0.1) is 0 Å². The number of sulfonamides is 1. The van der Waals surface area contributed by atoms with Gasteiger partial charge in [0.15, 0.2) is 5.03 Å². The molecule has 1 aromatic carbocycles. The summed E-state index contributed by atoms with van der Waals surface area (Å²) >= 11 is 0. The molecule has 0 fully saturated rings. The van der Waals surface area contributed by atoms with Gasteiger partial charge in [-0.1, -0.05) is 25.1 Å². The van der Waals surface area contributed by atoms with Crippen LogP contribution in [0.25, 0.3) is 0 Å². The number of carbonyl (C=O) groups excluding carboxylic acids is 1. The summed E-state index contributed by atoms with van der Waals surface area (Å²) in [6, 6.07) is 11.3. The van der Waals surface area contributed by atoms with E-state index >= 15 is 0 Å². The van der Waals surface area contributed by atoms with E-state index < -0.39 is 27.5 Å². The summed E-state index contributed by atoms with van der Waals surface area (Å²) in [7, 11) is -3.83. The van der Waals surface area contributed by atoms with Crippen molar-refractivity contribution in [3.8, 4) is 0 Å². The average molecular weight is 402 g/mol. The number of aromatic nitrogens is 1. The van der Waals surface area contributed by atoms with Gasteiger partial charge < -0.3 is 9.84 Å². The Kier molecular flexibility index (Phi) is 5.16. The van der Waals surface area contributed by atoms with Gasteiger partial charge in [-0.25, -0.2) is 9.78 Å². The summed E-state index contributed by atoms with van der Waals surface area (Å²) < 4.78 is 32.8. The topological polar surface area (TPSA) is 106 Å². The Bertz CT molecular complexity index is 1030. The van der Waals surface area contributed by atoms with Crippen LogP contribution in [0.15, 0.2) is 65.0 Å². The third-order valence-corrected chi connectivity index (χ3v) is 5.77. The number of esters is 1. The highest BCUT2D eigenvalue weighted by Gasteiger charge is 2.37. The van der Waals surface area contributed by atoms with Crippen LogP contribution in [0.4, 0.5) is 5.69 Å². The Morgan fingerprint density at radius 2 is 1.96 bits per heavy atom. The van der Waals surface area contributed by atoms with E-state index in [0.717, 1.165) is 0 Å². The third-order valence-electron chi connectivity index (χ3n) is 4.48. The molecule has 1 aromatic heterocycles. The third kappa shape index (κ3) is 4.17. The van der Waals surface area contributed by atoms with Crippen molar-refractivity contribution < 1.29 is 23.1 Å². The van der Waals surface area contributed by atoms with Crippen molar-refractivity contribution in [2.24, 2.45) is 0 Å². The maximum atomic E-state index is 12.5. The van der Waals surface area contributed by atoms with Gasteiger partial charge in [-0.2, -0.15) is 8.42 Å². The Balaban J connectivity index is 1.89. The van der Waals surface area contributed by atoms with E-state index in [2.05, 4.69) is 9.71 Å². The van der Waals surface area contributed by atoms with Crippen LogP contribution in [-0.2, 0) is 19.6 Å². The van der Waals surface area contributed by atoms with Crippen molar-refractivity contribution in [1.82, 2.24) is 4.98 Å². The number of benzene rings is 1. The molecular weight excluding hydrogens is 380 g/mol. The number of hydrogen-bond acceptors (Lipinski definition) is 6. The molecule has 2 N–H and O–H groups in total. The van der Waals surface area contributed by atoms with Gasteiger partial charge >= 0.3 is 5.97 Å². The van der Waals surface area contributed by atoms with E-state index in [1.807, 2.05) is 0 Å². The first-order chi connectivity index (χ1) is 13.1. The van der Waals surface area contributed by atoms with Crippen LogP contribution in [0.1, 0.15) is 38.7 Å². The number of ether oxygens (including phenoxy) is 1. The molecule has 1 unspecified atom stereocenters. The lowest BCUT2D eigenvalue weighted by Crippen LogP contribution is -2.35. The lowest BCUT2D eigenvalue weighted by Gasteiger charge is -2.32. The monoisotopic (exact) mass is 402 g/mol. The minimum absolute atomic E-state index is 0.00628. The number of cyclic esters (lactones) is 1. The lowest BCUT2D eigenvalue weighted by molar-refractivity contribution is -0.155. The summed E-state index contributed by atoms with van der Waals surface area (Å²) in [5.74, 6) is -1.04. The summed E-state index contributed by atoms with van der Waals surface area (Å²) in [5, 5.41) is 10.3. The zero-order valence-electron chi connectivity index (χ0n) is 15.8. The average Bonchev–Trinajstić information content (AvgIpc) is 2.60. The van der Waals surface area contributed by atoms with Gasteiger partial charge in [0.2, 0.25) is 0 Å². The number of nitrogens with zero attached hydrogens (tertiary/aromatic N) is 1. The van der Waals surface area contributed by atoms with E-state index in [1.165, 1.54) is 12.3 Å². The maximum absolute atomic E-state index is 12.5.